The van der Waals surface area contributed by atoms with Crippen molar-refractivity contribution in [1.82, 2.24) is 0 Å². The zero-order valence-corrected chi connectivity index (χ0v) is 11.5. The van der Waals surface area contributed by atoms with Gasteiger partial charge in [0, 0.05) is 5.41 Å². The summed E-state index contributed by atoms with van der Waals surface area (Å²) in [7, 11) is 1.69. The van der Waals surface area contributed by atoms with Crippen LogP contribution in [-0.4, -0.2) is 7.11 Å². The van der Waals surface area contributed by atoms with Crippen LogP contribution < -0.4 is 4.74 Å². The number of aryl methyl sites for hydroxylation is 1. The van der Waals surface area contributed by atoms with Crippen LogP contribution in [0.4, 0.5) is 0 Å². The lowest BCUT2D eigenvalue weighted by atomic mass is 9.78. The summed E-state index contributed by atoms with van der Waals surface area (Å²) in [5.41, 5.74) is 3.94. The van der Waals surface area contributed by atoms with Crippen LogP contribution in [0.15, 0.2) is 48.5 Å². The molecule has 94 valence electrons. The Morgan fingerprint density at radius 1 is 0.778 bits per heavy atom. The fourth-order valence-electron chi connectivity index (χ4n) is 2.14. The van der Waals surface area contributed by atoms with Crippen LogP contribution in [0.3, 0.4) is 0 Å². The summed E-state index contributed by atoms with van der Waals surface area (Å²) in [5.74, 6) is 0.901. The lowest BCUT2D eigenvalue weighted by molar-refractivity contribution is 0.414. The molecule has 0 fully saturated rings. The average Bonchev–Trinajstić information content (AvgIpc) is 2.39. The van der Waals surface area contributed by atoms with Gasteiger partial charge in [-0.3, -0.25) is 0 Å². The van der Waals surface area contributed by atoms with Gasteiger partial charge in [0.25, 0.3) is 0 Å². The van der Waals surface area contributed by atoms with Crippen molar-refractivity contribution in [3.8, 4) is 5.75 Å². The Labute approximate surface area is 109 Å². The second-order valence-electron chi connectivity index (χ2n) is 5.22. The van der Waals surface area contributed by atoms with E-state index in [2.05, 4.69) is 57.2 Å². The normalized spacial score (nSPS) is 11.3. The SMILES string of the molecule is COc1ccc(C(C)(C)c2ccc(C)cc2)cc1. The Kier molecular flexibility index (Phi) is 3.42. The Morgan fingerprint density at radius 3 is 1.67 bits per heavy atom. The first kappa shape index (κ1) is 12.7. The van der Waals surface area contributed by atoms with Gasteiger partial charge < -0.3 is 4.74 Å². The highest BCUT2D eigenvalue weighted by atomic mass is 16.5. The highest BCUT2D eigenvalue weighted by molar-refractivity contribution is 5.40. The molecule has 18 heavy (non-hydrogen) atoms. The minimum Gasteiger partial charge on any atom is -0.497 e. The molecular formula is C17H20O. The zero-order chi connectivity index (χ0) is 13.2. The van der Waals surface area contributed by atoms with Crippen molar-refractivity contribution < 1.29 is 4.74 Å². The van der Waals surface area contributed by atoms with Gasteiger partial charge in [-0.2, -0.15) is 0 Å². The average molecular weight is 240 g/mol. The third-order valence-corrected chi connectivity index (χ3v) is 3.58. The van der Waals surface area contributed by atoms with Crippen molar-refractivity contribution in [1.29, 1.82) is 0 Å². The summed E-state index contributed by atoms with van der Waals surface area (Å²) in [6, 6.07) is 17.1. The second kappa shape index (κ2) is 4.85. The standard InChI is InChI=1S/C17H20O/c1-13-5-7-14(8-6-13)17(2,3)15-9-11-16(18-4)12-10-15/h5-12H,1-4H3. The predicted octanol–water partition coefficient (Wildman–Crippen LogP) is 4.33. The van der Waals surface area contributed by atoms with Crippen LogP contribution in [0.25, 0.3) is 0 Å². The molecule has 0 unspecified atom stereocenters. The predicted molar refractivity (Wildman–Crippen MR) is 76.3 cm³/mol. The van der Waals surface area contributed by atoms with Crippen molar-refractivity contribution >= 4 is 0 Å². The molecule has 0 aliphatic rings. The lowest BCUT2D eigenvalue weighted by Crippen LogP contribution is -2.18. The minimum atomic E-state index is 0.0139. The maximum atomic E-state index is 5.20. The molecule has 1 heteroatoms. The number of rotatable bonds is 3. The van der Waals surface area contributed by atoms with E-state index in [0.717, 1.165) is 5.75 Å². The smallest absolute Gasteiger partial charge is 0.118 e. The van der Waals surface area contributed by atoms with Gasteiger partial charge in [0.2, 0.25) is 0 Å². The summed E-state index contributed by atoms with van der Waals surface area (Å²) >= 11 is 0. The van der Waals surface area contributed by atoms with Crippen LogP contribution in [0, 0.1) is 6.92 Å². The summed E-state index contributed by atoms with van der Waals surface area (Å²) in [6.07, 6.45) is 0. The molecule has 0 aliphatic carbocycles. The molecule has 2 aromatic rings. The summed E-state index contributed by atoms with van der Waals surface area (Å²) in [4.78, 5) is 0. The van der Waals surface area contributed by atoms with Gasteiger partial charge in [-0.1, -0.05) is 55.8 Å². The van der Waals surface area contributed by atoms with E-state index >= 15 is 0 Å². The van der Waals surface area contributed by atoms with E-state index < -0.39 is 0 Å². The van der Waals surface area contributed by atoms with Crippen LogP contribution in [0.2, 0.25) is 0 Å². The first-order valence-electron chi connectivity index (χ1n) is 6.26. The molecule has 0 atom stereocenters. The Hall–Kier alpha value is -1.76. The monoisotopic (exact) mass is 240 g/mol. The van der Waals surface area contributed by atoms with Gasteiger partial charge in [-0.25, -0.2) is 0 Å². The van der Waals surface area contributed by atoms with E-state index in [1.165, 1.54) is 16.7 Å². The number of methoxy groups -OCH3 is 1. The fourth-order valence-corrected chi connectivity index (χ4v) is 2.14. The zero-order valence-electron chi connectivity index (χ0n) is 11.5. The third kappa shape index (κ3) is 2.40. The Balaban J connectivity index is 2.37. The first-order chi connectivity index (χ1) is 8.54. The van der Waals surface area contributed by atoms with E-state index in [4.69, 9.17) is 4.74 Å². The second-order valence-corrected chi connectivity index (χ2v) is 5.22. The van der Waals surface area contributed by atoms with Gasteiger partial charge in [-0.05, 0) is 30.2 Å². The van der Waals surface area contributed by atoms with E-state index in [0.29, 0.717) is 0 Å². The third-order valence-electron chi connectivity index (χ3n) is 3.58. The molecule has 2 aromatic carbocycles. The molecule has 0 amide bonds. The maximum Gasteiger partial charge on any atom is 0.118 e. The summed E-state index contributed by atoms with van der Waals surface area (Å²) in [6.45, 7) is 6.61. The molecule has 0 spiro atoms. The molecule has 0 radical (unpaired) electrons. The largest absolute Gasteiger partial charge is 0.497 e. The highest BCUT2D eigenvalue weighted by Crippen LogP contribution is 2.32. The number of hydrogen-bond acceptors (Lipinski definition) is 1. The van der Waals surface area contributed by atoms with Crippen LogP contribution in [0.1, 0.15) is 30.5 Å². The van der Waals surface area contributed by atoms with Crippen LogP contribution in [-0.2, 0) is 5.41 Å². The van der Waals surface area contributed by atoms with Gasteiger partial charge in [0.1, 0.15) is 5.75 Å². The highest BCUT2D eigenvalue weighted by Gasteiger charge is 2.22. The number of benzene rings is 2. The molecule has 0 bridgehead atoms. The van der Waals surface area contributed by atoms with E-state index in [9.17, 15) is 0 Å². The minimum absolute atomic E-state index is 0.0139. The van der Waals surface area contributed by atoms with Crippen molar-refractivity contribution in [3.05, 3.63) is 65.2 Å². The van der Waals surface area contributed by atoms with Gasteiger partial charge in [0.15, 0.2) is 0 Å². The maximum absolute atomic E-state index is 5.20. The van der Waals surface area contributed by atoms with Crippen molar-refractivity contribution in [2.75, 3.05) is 7.11 Å². The van der Waals surface area contributed by atoms with Crippen LogP contribution >= 0.6 is 0 Å². The van der Waals surface area contributed by atoms with Crippen LogP contribution in [0.5, 0.6) is 5.75 Å². The summed E-state index contributed by atoms with van der Waals surface area (Å²) < 4.78 is 5.20. The molecular weight excluding hydrogens is 220 g/mol. The molecule has 2 rings (SSSR count). The molecule has 0 saturated carbocycles. The molecule has 0 heterocycles. The Bertz CT molecular complexity index is 506. The van der Waals surface area contributed by atoms with Gasteiger partial charge in [0.05, 0.1) is 7.11 Å². The van der Waals surface area contributed by atoms with E-state index in [1.54, 1.807) is 7.11 Å². The summed E-state index contributed by atoms with van der Waals surface area (Å²) in [5, 5.41) is 0. The molecule has 0 saturated heterocycles. The van der Waals surface area contributed by atoms with Gasteiger partial charge in [-0.15, -0.1) is 0 Å². The Morgan fingerprint density at radius 2 is 1.22 bits per heavy atom. The van der Waals surface area contributed by atoms with Crippen molar-refractivity contribution in [3.63, 3.8) is 0 Å². The fraction of sp³-hybridized carbons (Fsp3) is 0.294. The first-order valence-corrected chi connectivity index (χ1v) is 6.26. The topological polar surface area (TPSA) is 9.23 Å². The number of hydrogen-bond donors (Lipinski definition) is 0. The van der Waals surface area contributed by atoms with Crippen molar-refractivity contribution in [2.45, 2.75) is 26.2 Å². The molecule has 0 N–H and O–H groups in total. The molecule has 0 aromatic heterocycles. The quantitative estimate of drug-likeness (QED) is 0.776. The number of ether oxygens (including phenoxy) is 1. The molecule has 0 aliphatic heterocycles. The van der Waals surface area contributed by atoms with E-state index in [-0.39, 0.29) is 5.41 Å². The lowest BCUT2D eigenvalue weighted by Gasteiger charge is -2.26. The van der Waals surface area contributed by atoms with E-state index in [1.807, 2.05) is 12.1 Å². The van der Waals surface area contributed by atoms with Gasteiger partial charge >= 0.3 is 0 Å². The molecule has 1 nitrogen and oxygen atoms in total. The van der Waals surface area contributed by atoms with Crippen molar-refractivity contribution in [2.24, 2.45) is 0 Å².